The Bertz CT molecular complexity index is 859. The van der Waals surface area contributed by atoms with E-state index >= 15 is 0 Å². The zero-order chi connectivity index (χ0) is 15.8. The molecule has 1 aliphatic rings. The van der Waals surface area contributed by atoms with Crippen LogP contribution in [0.15, 0.2) is 40.8 Å². The van der Waals surface area contributed by atoms with E-state index in [4.69, 9.17) is 4.42 Å². The third kappa shape index (κ3) is 2.78. The topological polar surface area (TPSA) is 54.3 Å². The van der Waals surface area contributed by atoms with E-state index in [1.165, 1.54) is 11.3 Å². The number of hydrogen-bond acceptors (Lipinski definition) is 4. The minimum Gasteiger partial charge on any atom is -0.459 e. The first-order chi connectivity index (χ1) is 11.2. The van der Waals surface area contributed by atoms with Crippen molar-refractivity contribution in [2.24, 2.45) is 0 Å². The quantitative estimate of drug-likeness (QED) is 0.746. The second-order valence-electron chi connectivity index (χ2n) is 5.89. The van der Waals surface area contributed by atoms with E-state index in [1.54, 1.807) is 11.3 Å². The number of aryl methyl sites for hydroxylation is 1. The van der Waals surface area contributed by atoms with Gasteiger partial charge in [-0.2, -0.15) is 0 Å². The Kier molecular flexibility index (Phi) is 3.67. The molecule has 1 aliphatic heterocycles. The molecule has 0 bridgehead atoms. The highest BCUT2D eigenvalue weighted by Crippen LogP contribution is 2.31. The predicted molar refractivity (Wildman–Crippen MR) is 93.2 cm³/mol. The molecule has 1 amide bonds. The van der Waals surface area contributed by atoms with Crippen molar-refractivity contribution in [2.45, 2.75) is 25.8 Å². The summed E-state index contributed by atoms with van der Waals surface area (Å²) in [6.45, 7) is 2.97. The molecule has 0 aliphatic carbocycles. The fourth-order valence-corrected chi connectivity index (χ4v) is 4.08. The number of thiophene rings is 1. The summed E-state index contributed by atoms with van der Waals surface area (Å²) in [5.41, 5.74) is 1.45. The minimum absolute atomic E-state index is 0.0826. The lowest BCUT2D eigenvalue weighted by atomic mass is 10.2. The first-order valence-electron chi connectivity index (χ1n) is 7.84. The fraction of sp³-hybridized carbons (Fsp3) is 0.278. The van der Waals surface area contributed by atoms with Crippen LogP contribution in [-0.2, 0) is 0 Å². The standard InChI is InChI=1S/C18H18N2O2S/c1-11-10-12-4-2-5-14(17(12)22-11)20-18(21)16-8-7-15(23-16)13-6-3-9-19-13/h2,4-5,7-8,10,13,19H,3,6,9H2,1H3,(H,20,21)/t13-/m0/s1. The van der Waals surface area contributed by atoms with E-state index in [0.717, 1.165) is 40.3 Å². The minimum atomic E-state index is -0.0826. The third-order valence-electron chi connectivity index (χ3n) is 4.17. The average Bonchev–Trinajstić information content (AvgIpc) is 3.26. The fourth-order valence-electron chi connectivity index (χ4n) is 3.06. The third-order valence-corrected chi connectivity index (χ3v) is 5.37. The SMILES string of the molecule is Cc1cc2cccc(NC(=O)c3ccc([C@@H]4CCCN4)s3)c2o1. The Labute approximate surface area is 138 Å². The van der Waals surface area contributed by atoms with Crippen molar-refractivity contribution in [2.75, 3.05) is 11.9 Å². The van der Waals surface area contributed by atoms with Crippen LogP contribution < -0.4 is 10.6 Å². The molecule has 0 radical (unpaired) electrons. The lowest BCUT2D eigenvalue weighted by Gasteiger charge is -2.06. The van der Waals surface area contributed by atoms with E-state index in [2.05, 4.69) is 16.7 Å². The Morgan fingerprint density at radius 3 is 3.09 bits per heavy atom. The van der Waals surface area contributed by atoms with Gasteiger partial charge in [-0.1, -0.05) is 12.1 Å². The highest BCUT2D eigenvalue weighted by molar-refractivity contribution is 7.14. The monoisotopic (exact) mass is 326 g/mol. The van der Waals surface area contributed by atoms with Crippen molar-refractivity contribution < 1.29 is 9.21 Å². The molecular formula is C18H18N2O2S. The Balaban J connectivity index is 1.57. The molecule has 23 heavy (non-hydrogen) atoms. The van der Waals surface area contributed by atoms with Crippen molar-refractivity contribution in [1.82, 2.24) is 5.32 Å². The number of amides is 1. The van der Waals surface area contributed by atoms with Crippen LogP contribution in [0.2, 0.25) is 0 Å². The van der Waals surface area contributed by atoms with Crippen LogP contribution in [0.5, 0.6) is 0 Å². The maximum Gasteiger partial charge on any atom is 0.265 e. The van der Waals surface area contributed by atoms with Gasteiger partial charge in [0.15, 0.2) is 5.58 Å². The normalized spacial score (nSPS) is 17.7. The number of anilines is 1. The maximum atomic E-state index is 12.5. The molecule has 4 nitrogen and oxygen atoms in total. The number of fused-ring (bicyclic) bond motifs is 1. The van der Waals surface area contributed by atoms with Gasteiger partial charge in [0.1, 0.15) is 5.76 Å². The van der Waals surface area contributed by atoms with E-state index < -0.39 is 0 Å². The molecule has 0 spiro atoms. The number of para-hydroxylation sites is 1. The molecule has 2 aromatic heterocycles. The first kappa shape index (κ1) is 14.5. The van der Waals surface area contributed by atoms with Gasteiger partial charge in [0.25, 0.3) is 5.91 Å². The van der Waals surface area contributed by atoms with Gasteiger partial charge >= 0.3 is 0 Å². The smallest absolute Gasteiger partial charge is 0.265 e. The van der Waals surface area contributed by atoms with Crippen LogP contribution in [0.3, 0.4) is 0 Å². The van der Waals surface area contributed by atoms with Gasteiger partial charge in [-0.25, -0.2) is 0 Å². The zero-order valence-electron chi connectivity index (χ0n) is 12.9. The van der Waals surface area contributed by atoms with Crippen LogP contribution in [-0.4, -0.2) is 12.5 Å². The second kappa shape index (κ2) is 5.83. The number of carbonyl (C=O) groups excluding carboxylic acids is 1. The molecule has 4 rings (SSSR count). The van der Waals surface area contributed by atoms with Crippen molar-refractivity contribution in [3.05, 3.63) is 51.9 Å². The van der Waals surface area contributed by atoms with E-state index in [9.17, 15) is 4.79 Å². The molecular weight excluding hydrogens is 308 g/mol. The maximum absolute atomic E-state index is 12.5. The number of rotatable bonds is 3. The molecule has 0 saturated carbocycles. The van der Waals surface area contributed by atoms with Gasteiger partial charge in [-0.05, 0) is 50.6 Å². The van der Waals surface area contributed by atoms with Gasteiger partial charge in [0, 0.05) is 16.3 Å². The molecule has 118 valence electrons. The Morgan fingerprint density at radius 2 is 2.26 bits per heavy atom. The van der Waals surface area contributed by atoms with Crippen molar-refractivity contribution in [3.8, 4) is 0 Å². The summed E-state index contributed by atoms with van der Waals surface area (Å²) in [6, 6.07) is 12.1. The van der Waals surface area contributed by atoms with Crippen LogP contribution in [0, 0.1) is 6.92 Å². The molecule has 1 fully saturated rings. The van der Waals surface area contributed by atoms with Gasteiger partial charge < -0.3 is 15.1 Å². The average molecular weight is 326 g/mol. The van der Waals surface area contributed by atoms with E-state index in [1.807, 2.05) is 37.3 Å². The van der Waals surface area contributed by atoms with Crippen molar-refractivity contribution >= 4 is 33.9 Å². The number of carbonyl (C=O) groups is 1. The summed E-state index contributed by atoms with van der Waals surface area (Å²) in [7, 11) is 0. The Morgan fingerprint density at radius 1 is 1.35 bits per heavy atom. The van der Waals surface area contributed by atoms with Crippen LogP contribution >= 0.6 is 11.3 Å². The largest absolute Gasteiger partial charge is 0.459 e. The van der Waals surface area contributed by atoms with E-state index in [0.29, 0.717) is 6.04 Å². The molecule has 2 N–H and O–H groups in total. The molecule has 1 saturated heterocycles. The predicted octanol–water partition coefficient (Wildman–Crippen LogP) is 4.48. The lowest BCUT2D eigenvalue weighted by molar-refractivity contribution is 0.103. The van der Waals surface area contributed by atoms with E-state index in [-0.39, 0.29) is 5.91 Å². The number of nitrogens with one attached hydrogen (secondary N) is 2. The van der Waals surface area contributed by atoms with Crippen molar-refractivity contribution in [3.63, 3.8) is 0 Å². The van der Waals surface area contributed by atoms with Gasteiger partial charge in [0.05, 0.1) is 10.6 Å². The highest BCUT2D eigenvalue weighted by Gasteiger charge is 2.20. The molecule has 3 heterocycles. The number of hydrogen-bond donors (Lipinski definition) is 2. The summed E-state index contributed by atoms with van der Waals surface area (Å²) >= 11 is 1.56. The summed E-state index contributed by atoms with van der Waals surface area (Å²) in [5, 5.41) is 7.44. The molecule has 1 atom stereocenters. The molecule has 0 unspecified atom stereocenters. The van der Waals surface area contributed by atoms with Crippen molar-refractivity contribution in [1.29, 1.82) is 0 Å². The van der Waals surface area contributed by atoms with Crippen LogP contribution in [0.25, 0.3) is 11.0 Å². The zero-order valence-corrected chi connectivity index (χ0v) is 13.7. The number of furan rings is 1. The summed E-state index contributed by atoms with van der Waals surface area (Å²) in [4.78, 5) is 14.5. The molecule has 1 aromatic carbocycles. The summed E-state index contributed by atoms with van der Waals surface area (Å²) < 4.78 is 5.70. The molecule has 5 heteroatoms. The Hall–Kier alpha value is -2.11. The van der Waals surface area contributed by atoms with Gasteiger partial charge in [0.2, 0.25) is 0 Å². The van der Waals surface area contributed by atoms with Crippen LogP contribution in [0.4, 0.5) is 5.69 Å². The summed E-state index contributed by atoms with van der Waals surface area (Å²) in [5.74, 6) is 0.758. The number of benzene rings is 1. The second-order valence-corrected chi connectivity index (χ2v) is 7.00. The first-order valence-corrected chi connectivity index (χ1v) is 8.66. The lowest BCUT2D eigenvalue weighted by Crippen LogP contribution is -2.11. The van der Waals surface area contributed by atoms with Gasteiger partial charge in [-0.3, -0.25) is 4.79 Å². The van der Waals surface area contributed by atoms with Crippen LogP contribution in [0.1, 0.15) is 39.2 Å². The molecule has 3 aromatic rings. The highest BCUT2D eigenvalue weighted by atomic mass is 32.1. The summed E-state index contributed by atoms with van der Waals surface area (Å²) in [6.07, 6.45) is 2.34. The van der Waals surface area contributed by atoms with Gasteiger partial charge in [-0.15, -0.1) is 11.3 Å².